The van der Waals surface area contributed by atoms with Crippen LogP contribution in [0.2, 0.25) is 0 Å². The van der Waals surface area contributed by atoms with E-state index in [4.69, 9.17) is 4.55 Å². The maximum atomic E-state index is 9.56. The molecule has 0 aromatic carbocycles. The lowest BCUT2D eigenvalue weighted by Crippen LogP contribution is -2.17. The minimum atomic E-state index is -4.17. The van der Waals surface area contributed by atoms with Crippen LogP contribution in [-0.4, -0.2) is 50.1 Å². The molecule has 14 heavy (non-hydrogen) atoms. The van der Waals surface area contributed by atoms with Crippen LogP contribution in [0, 0.1) is 0 Å². The van der Waals surface area contributed by atoms with E-state index < -0.39 is 10.4 Å². The molecule has 6 nitrogen and oxygen atoms in total. The molecule has 1 N–H and O–H groups in total. The molecule has 84 valence electrons. The zero-order chi connectivity index (χ0) is 11.2. The Morgan fingerprint density at radius 2 is 1.79 bits per heavy atom. The quantitative estimate of drug-likeness (QED) is 0.672. The van der Waals surface area contributed by atoms with E-state index >= 15 is 0 Å². The lowest BCUT2D eigenvalue weighted by molar-refractivity contribution is 0.283. The molecular formula is C7H16N2O4S. The summed E-state index contributed by atoms with van der Waals surface area (Å²) in [4.78, 5) is 4.25. The average molecular weight is 224 g/mol. The van der Waals surface area contributed by atoms with Crippen molar-refractivity contribution in [2.24, 2.45) is 0 Å². The Labute approximate surface area is 84.7 Å². The molecule has 1 rings (SSSR count). The van der Waals surface area contributed by atoms with Crippen molar-refractivity contribution >= 4 is 10.4 Å². The van der Waals surface area contributed by atoms with Gasteiger partial charge in [0, 0.05) is 26.5 Å². The van der Waals surface area contributed by atoms with Gasteiger partial charge in [-0.05, 0) is 6.92 Å². The van der Waals surface area contributed by atoms with E-state index in [1.807, 2.05) is 0 Å². The summed E-state index contributed by atoms with van der Waals surface area (Å²) in [5.41, 5.74) is 0. The van der Waals surface area contributed by atoms with E-state index in [-0.39, 0.29) is 6.61 Å². The summed E-state index contributed by atoms with van der Waals surface area (Å²) in [7, 11) is -0.0631. The summed E-state index contributed by atoms with van der Waals surface area (Å²) >= 11 is 0. The van der Waals surface area contributed by atoms with Gasteiger partial charge in [0.25, 0.3) is 0 Å². The van der Waals surface area contributed by atoms with Gasteiger partial charge >= 0.3 is 10.4 Å². The summed E-state index contributed by atoms with van der Waals surface area (Å²) < 4.78 is 30.7. The molecule has 0 saturated carbocycles. The second kappa shape index (κ2) is 5.84. The van der Waals surface area contributed by atoms with E-state index in [0.717, 1.165) is 6.67 Å². The smallest absolute Gasteiger partial charge is 0.362 e. The van der Waals surface area contributed by atoms with Crippen LogP contribution in [0.3, 0.4) is 0 Å². The molecule has 0 amide bonds. The molecule has 0 aromatic rings. The number of rotatable bonds is 2. The Bertz CT molecular complexity index is 265. The molecule has 0 bridgehead atoms. The summed E-state index contributed by atoms with van der Waals surface area (Å²) in [6, 6.07) is 0. The van der Waals surface area contributed by atoms with Gasteiger partial charge in [0.1, 0.15) is 0 Å². The molecule has 7 heteroatoms. The topological polar surface area (TPSA) is 70.1 Å². The fourth-order valence-corrected chi connectivity index (χ4v) is 1.12. The molecule has 0 spiro atoms. The third-order valence-corrected chi connectivity index (χ3v) is 1.82. The first kappa shape index (κ1) is 13.2. The van der Waals surface area contributed by atoms with Crippen LogP contribution in [0.4, 0.5) is 0 Å². The molecule has 0 atom stereocenters. The van der Waals surface area contributed by atoms with Crippen LogP contribution < -0.4 is 0 Å². The Morgan fingerprint density at radius 3 is 1.86 bits per heavy atom. The normalized spacial score (nSPS) is 15.4. The van der Waals surface area contributed by atoms with Crippen molar-refractivity contribution in [1.29, 1.82) is 0 Å². The maximum Gasteiger partial charge on any atom is 0.397 e. The second-order valence-corrected chi connectivity index (χ2v) is 3.88. The van der Waals surface area contributed by atoms with Gasteiger partial charge in [-0.3, -0.25) is 4.55 Å². The van der Waals surface area contributed by atoms with E-state index in [2.05, 4.69) is 40.5 Å². The molecule has 0 unspecified atom stereocenters. The van der Waals surface area contributed by atoms with Crippen LogP contribution in [0.25, 0.3) is 0 Å². The number of hydrogen-bond donors (Lipinski definition) is 1. The van der Waals surface area contributed by atoms with Crippen molar-refractivity contribution in [3.63, 3.8) is 0 Å². The van der Waals surface area contributed by atoms with Gasteiger partial charge in [-0.25, -0.2) is 4.18 Å². The predicted molar refractivity (Wildman–Crippen MR) is 52.7 cm³/mol. The third-order valence-electron chi connectivity index (χ3n) is 1.29. The predicted octanol–water partition coefficient (Wildman–Crippen LogP) is 0.118. The van der Waals surface area contributed by atoms with Crippen molar-refractivity contribution in [3.05, 3.63) is 12.4 Å². The van der Waals surface area contributed by atoms with Gasteiger partial charge in [-0.2, -0.15) is 8.42 Å². The van der Waals surface area contributed by atoms with Gasteiger partial charge in [-0.15, -0.1) is 0 Å². The standard InChI is InChI=1S/C5H10N2.C2H6O4S/c1-6-3-4-7(2)5-6;1-2-6-7(3,4)5/h3-4H,5H2,1-2H3;2H2,1H3,(H,3,4,5). The fraction of sp³-hybridized carbons (Fsp3) is 0.714. The summed E-state index contributed by atoms with van der Waals surface area (Å²) in [5, 5.41) is 0. The minimum Gasteiger partial charge on any atom is -0.362 e. The van der Waals surface area contributed by atoms with Crippen LogP contribution in [-0.2, 0) is 14.6 Å². The molecule has 0 radical (unpaired) electrons. The van der Waals surface area contributed by atoms with Gasteiger partial charge < -0.3 is 9.80 Å². The Hall–Kier alpha value is -0.790. The van der Waals surface area contributed by atoms with Crippen molar-refractivity contribution in [3.8, 4) is 0 Å². The van der Waals surface area contributed by atoms with Crippen molar-refractivity contribution in [2.75, 3.05) is 27.4 Å². The highest BCUT2D eigenvalue weighted by Crippen LogP contribution is 1.97. The molecule has 0 saturated heterocycles. The maximum absolute atomic E-state index is 9.56. The molecule has 0 fully saturated rings. The fourth-order valence-electron chi connectivity index (χ4n) is 0.823. The van der Waals surface area contributed by atoms with Gasteiger partial charge in [0.15, 0.2) is 0 Å². The minimum absolute atomic E-state index is 0.0289. The van der Waals surface area contributed by atoms with E-state index in [1.165, 1.54) is 6.92 Å². The highest BCUT2D eigenvalue weighted by Gasteiger charge is 1.99. The molecule has 0 aliphatic carbocycles. The first-order chi connectivity index (χ1) is 6.35. The van der Waals surface area contributed by atoms with Gasteiger partial charge in [-0.1, -0.05) is 0 Å². The monoisotopic (exact) mass is 224 g/mol. The lowest BCUT2D eigenvalue weighted by atomic mass is 10.9. The molecule has 1 aliphatic heterocycles. The first-order valence-corrected chi connectivity index (χ1v) is 5.42. The molecule has 1 heterocycles. The lowest BCUT2D eigenvalue weighted by Gasteiger charge is -2.10. The highest BCUT2D eigenvalue weighted by molar-refractivity contribution is 7.80. The zero-order valence-corrected chi connectivity index (χ0v) is 9.36. The van der Waals surface area contributed by atoms with E-state index in [9.17, 15) is 8.42 Å². The first-order valence-electron chi connectivity index (χ1n) is 4.05. The van der Waals surface area contributed by atoms with Gasteiger partial charge in [0.05, 0.1) is 13.3 Å². The largest absolute Gasteiger partial charge is 0.397 e. The number of hydrogen-bond acceptors (Lipinski definition) is 5. The Balaban J connectivity index is 0.000000241. The van der Waals surface area contributed by atoms with Gasteiger partial charge in [0.2, 0.25) is 0 Å². The van der Waals surface area contributed by atoms with Crippen LogP contribution in [0.1, 0.15) is 6.92 Å². The zero-order valence-electron chi connectivity index (χ0n) is 8.54. The van der Waals surface area contributed by atoms with Crippen LogP contribution >= 0.6 is 0 Å². The second-order valence-electron chi connectivity index (χ2n) is 2.79. The van der Waals surface area contributed by atoms with E-state index in [0.29, 0.717) is 0 Å². The molecule has 1 aliphatic rings. The highest BCUT2D eigenvalue weighted by atomic mass is 32.3. The van der Waals surface area contributed by atoms with Crippen molar-refractivity contribution < 1.29 is 17.2 Å². The van der Waals surface area contributed by atoms with Crippen molar-refractivity contribution in [1.82, 2.24) is 9.80 Å². The molecular weight excluding hydrogens is 208 g/mol. The van der Waals surface area contributed by atoms with Crippen LogP contribution in [0.15, 0.2) is 12.4 Å². The third kappa shape index (κ3) is 7.84. The SMILES string of the molecule is CCOS(=O)(=O)O.CN1C=CN(C)C1. The Morgan fingerprint density at radius 1 is 1.36 bits per heavy atom. The summed E-state index contributed by atoms with van der Waals surface area (Å²) in [6.45, 7) is 2.46. The molecule has 0 aromatic heterocycles. The van der Waals surface area contributed by atoms with E-state index in [1.54, 1.807) is 0 Å². The van der Waals surface area contributed by atoms with Crippen molar-refractivity contribution in [2.45, 2.75) is 6.92 Å². The summed E-state index contributed by atoms with van der Waals surface area (Å²) in [5.74, 6) is 0. The summed E-state index contributed by atoms with van der Waals surface area (Å²) in [6.07, 6.45) is 4.11. The number of nitrogens with zero attached hydrogens (tertiary/aromatic N) is 2. The van der Waals surface area contributed by atoms with Crippen LogP contribution in [0.5, 0.6) is 0 Å². The average Bonchev–Trinajstić information content (AvgIpc) is 2.33. The Kier molecular flexibility index (Phi) is 5.51.